The van der Waals surface area contributed by atoms with Gasteiger partial charge in [0.1, 0.15) is 12.2 Å². The summed E-state index contributed by atoms with van der Waals surface area (Å²) in [6.07, 6.45) is 9.11. The Balaban J connectivity index is 1.59. The molecule has 2 fully saturated rings. The highest BCUT2D eigenvalue weighted by atomic mass is 16.1. The van der Waals surface area contributed by atoms with E-state index in [4.69, 9.17) is 0 Å². The molecule has 0 spiro atoms. The smallest absolute Gasteiger partial charge is 0.251 e. The number of rotatable bonds is 5. The van der Waals surface area contributed by atoms with Crippen molar-refractivity contribution in [2.45, 2.75) is 51.0 Å². The van der Waals surface area contributed by atoms with Gasteiger partial charge in [0, 0.05) is 29.3 Å². The summed E-state index contributed by atoms with van der Waals surface area (Å²) in [4.78, 5) is 21.8. The Morgan fingerprint density at radius 1 is 1.11 bits per heavy atom. The molecular weight excluding hydrogens is 350 g/mol. The van der Waals surface area contributed by atoms with Gasteiger partial charge in [0.05, 0.1) is 11.4 Å². The molecule has 0 saturated heterocycles. The van der Waals surface area contributed by atoms with Gasteiger partial charge in [-0.25, -0.2) is 9.67 Å². The predicted octanol–water partition coefficient (Wildman–Crippen LogP) is 3.80. The normalized spacial score (nSPS) is 16.6. The molecule has 142 valence electrons. The summed E-state index contributed by atoms with van der Waals surface area (Å²) in [5.74, 6) is 1.39. The molecule has 1 N–H and O–H groups in total. The fourth-order valence-electron chi connectivity index (χ4n) is 3.54. The first-order valence-electron chi connectivity index (χ1n) is 9.96. The van der Waals surface area contributed by atoms with E-state index in [0.29, 0.717) is 17.5 Å². The number of amides is 1. The second-order valence-electron chi connectivity index (χ2n) is 7.89. The third-order valence-electron chi connectivity index (χ3n) is 5.59. The van der Waals surface area contributed by atoms with Crippen molar-refractivity contribution in [1.82, 2.24) is 25.1 Å². The summed E-state index contributed by atoms with van der Waals surface area (Å²) >= 11 is 0. The number of nitrogens with zero attached hydrogens (tertiary/aromatic N) is 4. The summed E-state index contributed by atoms with van der Waals surface area (Å²) in [5, 5.41) is 7.55. The van der Waals surface area contributed by atoms with Gasteiger partial charge in [0.2, 0.25) is 0 Å². The molecule has 0 atom stereocenters. The lowest BCUT2D eigenvalue weighted by molar-refractivity contribution is 0.0951. The largest absolute Gasteiger partial charge is 0.349 e. The molecule has 2 heterocycles. The Kier molecular flexibility index (Phi) is 4.19. The van der Waals surface area contributed by atoms with Crippen LogP contribution in [0.15, 0.2) is 42.9 Å². The van der Waals surface area contributed by atoms with Crippen molar-refractivity contribution in [1.29, 1.82) is 0 Å². The van der Waals surface area contributed by atoms with Crippen LogP contribution in [-0.2, 0) is 0 Å². The quantitative estimate of drug-likeness (QED) is 0.738. The number of nitrogens with one attached hydrogen (secondary N) is 1. The molecule has 0 bridgehead atoms. The molecule has 6 heteroatoms. The fraction of sp³-hybridized carbons (Fsp3) is 0.364. The minimum absolute atomic E-state index is 0.0389. The lowest BCUT2D eigenvalue weighted by Gasteiger charge is -2.24. The van der Waals surface area contributed by atoms with Crippen LogP contribution in [0.25, 0.3) is 16.9 Å². The zero-order valence-electron chi connectivity index (χ0n) is 15.9. The number of aromatic nitrogens is 4. The van der Waals surface area contributed by atoms with Crippen molar-refractivity contribution >= 4 is 5.91 Å². The molecule has 3 aromatic rings. The lowest BCUT2D eigenvalue weighted by Crippen LogP contribution is -2.25. The molecule has 1 amide bonds. The highest BCUT2D eigenvalue weighted by Gasteiger charge is 2.27. The van der Waals surface area contributed by atoms with E-state index in [2.05, 4.69) is 20.4 Å². The Morgan fingerprint density at radius 2 is 1.96 bits per heavy atom. The number of hydrogen-bond acceptors (Lipinski definition) is 4. The topological polar surface area (TPSA) is 72.7 Å². The van der Waals surface area contributed by atoms with E-state index in [1.165, 1.54) is 6.42 Å². The molecule has 2 saturated carbocycles. The molecule has 0 radical (unpaired) electrons. The first-order chi connectivity index (χ1) is 13.7. The second-order valence-corrected chi connectivity index (χ2v) is 7.89. The molecule has 2 aliphatic rings. The van der Waals surface area contributed by atoms with E-state index in [-0.39, 0.29) is 5.91 Å². The molecular formula is C22H23N5O. The maximum Gasteiger partial charge on any atom is 0.251 e. The van der Waals surface area contributed by atoms with Crippen LogP contribution < -0.4 is 5.32 Å². The fourth-order valence-corrected chi connectivity index (χ4v) is 3.54. The molecule has 1 aromatic carbocycles. The van der Waals surface area contributed by atoms with Crippen LogP contribution in [0.4, 0.5) is 0 Å². The van der Waals surface area contributed by atoms with Crippen LogP contribution in [0.1, 0.15) is 59.8 Å². The first kappa shape index (κ1) is 17.1. The van der Waals surface area contributed by atoms with Gasteiger partial charge in [-0.1, -0.05) is 12.5 Å². The van der Waals surface area contributed by atoms with E-state index in [0.717, 1.165) is 54.0 Å². The van der Waals surface area contributed by atoms with Crippen LogP contribution in [0, 0.1) is 6.92 Å². The maximum atomic E-state index is 12.8. The van der Waals surface area contributed by atoms with Gasteiger partial charge in [-0.15, -0.1) is 0 Å². The van der Waals surface area contributed by atoms with Crippen molar-refractivity contribution in [2.24, 2.45) is 0 Å². The number of carbonyl (C=O) groups excluding carboxylic acids is 1. The van der Waals surface area contributed by atoms with Crippen molar-refractivity contribution in [3.8, 4) is 16.9 Å². The van der Waals surface area contributed by atoms with Gasteiger partial charge < -0.3 is 5.32 Å². The Bertz CT molecular complexity index is 1020. The van der Waals surface area contributed by atoms with Crippen LogP contribution >= 0.6 is 0 Å². The number of aryl methyl sites for hydroxylation is 1. The van der Waals surface area contributed by atoms with Crippen LogP contribution in [0.3, 0.4) is 0 Å². The Hall–Kier alpha value is -3.02. The third kappa shape index (κ3) is 3.30. The molecule has 2 aromatic heterocycles. The van der Waals surface area contributed by atoms with Crippen LogP contribution in [0.2, 0.25) is 0 Å². The van der Waals surface area contributed by atoms with E-state index < -0.39 is 0 Å². The van der Waals surface area contributed by atoms with Gasteiger partial charge in [0.15, 0.2) is 0 Å². The van der Waals surface area contributed by atoms with Crippen molar-refractivity contribution < 1.29 is 4.79 Å². The standard InChI is InChI=1S/C22H23N5O/c1-14-5-8-20(23-12-14)16-9-17(22(28)26-18-6-7-18)11-19(10-16)27-21(24-13-25-27)15-3-2-4-15/h5,8-13,15,18H,2-4,6-7H2,1H3,(H,26,28). The number of benzene rings is 1. The highest BCUT2D eigenvalue weighted by molar-refractivity contribution is 5.96. The zero-order chi connectivity index (χ0) is 19.1. The van der Waals surface area contributed by atoms with Crippen molar-refractivity contribution in [3.05, 3.63) is 59.8 Å². The maximum absolute atomic E-state index is 12.8. The first-order valence-corrected chi connectivity index (χ1v) is 9.96. The summed E-state index contributed by atoms with van der Waals surface area (Å²) in [6, 6.07) is 10.2. The van der Waals surface area contributed by atoms with Crippen LogP contribution in [-0.4, -0.2) is 31.7 Å². The Morgan fingerprint density at radius 3 is 2.64 bits per heavy atom. The highest BCUT2D eigenvalue weighted by Crippen LogP contribution is 2.36. The van der Waals surface area contributed by atoms with Gasteiger partial charge in [-0.05, 0) is 62.4 Å². The van der Waals surface area contributed by atoms with Gasteiger partial charge in [0.25, 0.3) is 5.91 Å². The number of carbonyl (C=O) groups is 1. The molecule has 0 aliphatic heterocycles. The Labute approximate surface area is 164 Å². The SMILES string of the molecule is Cc1ccc(-c2cc(C(=O)NC3CC3)cc(-n3ncnc3C3CCC3)c2)nc1. The molecule has 5 rings (SSSR count). The molecule has 6 nitrogen and oxygen atoms in total. The van der Waals surface area contributed by atoms with Gasteiger partial charge >= 0.3 is 0 Å². The van der Waals surface area contributed by atoms with E-state index in [1.807, 2.05) is 48.1 Å². The average molecular weight is 373 g/mol. The van der Waals surface area contributed by atoms with E-state index >= 15 is 0 Å². The van der Waals surface area contributed by atoms with Gasteiger partial charge in [-0.2, -0.15) is 5.10 Å². The zero-order valence-corrected chi connectivity index (χ0v) is 15.9. The molecule has 28 heavy (non-hydrogen) atoms. The van der Waals surface area contributed by atoms with E-state index in [1.54, 1.807) is 6.33 Å². The van der Waals surface area contributed by atoms with E-state index in [9.17, 15) is 4.79 Å². The summed E-state index contributed by atoms with van der Waals surface area (Å²) in [5.41, 5.74) is 4.36. The lowest BCUT2D eigenvalue weighted by atomic mass is 9.85. The number of hydrogen-bond donors (Lipinski definition) is 1. The minimum Gasteiger partial charge on any atom is -0.349 e. The minimum atomic E-state index is -0.0389. The molecule has 0 unspecified atom stereocenters. The average Bonchev–Trinajstić information content (AvgIpc) is 3.35. The second kappa shape index (κ2) is 6.86. The summed E-state index contributed by atoms with van der Waals surface area (Å²) in [7, 11) is 0. The summed E-state index contributed by atoms with van der Waals surface area (Å²) < 4.78 is 1.88. The van der Waals surface area contributed by atoms with Gasteiger partial charge in [-0.3, -0.25) is 9.78 Å². The predicted molar refractivity (Wildman–Crippen MR) is 106 cm³/mol. The van der Waals surface area contributed by atoms with Crippen molar-refractivity contribution in [3.63, 3.8) is 0 Å². The van der Waals surface area contributed by atoms with Crippen LogP contribution in [0.5, 0.6) is 0 Å². The van der Waals surface area contributed by atoms with Crippen molar-refractivity contribution in [2.75, 3.05) is 0 Å². The number of pyridine rings is 1. The molecule has 2 aliphatic carbocycles. The summed E-state index contributed by atoms with van der Waals surface area (Å²) in [6.45, 7) is 2.02. The third-order valence-corrected chi connectivity index (χ3v) is 5.59. The monoisotopic (exact) mass is 373 g/mol.